The molecule has 0 fully saturated rings. The van der Waals surface area contributed by atoms with Gasteiger partial charge in [-0.25, -0.2) is 0 Å². The Morgan fingerprint density at radius 3 is 2.00 bits per heavy atom. The number of rotatable bonds is 7. The van der Waals surface area contributed by atoms with Gasteiger partial charge in [0.05, 0.1) is 11.6 Å². The van der Waals surface area contributed by atoms with E-state index >= 15 is 0 Å². The number of carbonyl (C=O) groups excluding carboxylic acids is 2. The summed E-state index contributed by atoms with van der Waals surface area (Å²) in [7, 11) is 1.52. The molecule has 8 heteroatoms. The first-order valence-electron chi connectivity index (χ1n) is 9.38. The highest BCUT2D eigenvalue weighted by Gasteiger charge is 2.16. The van der Waals surface area contributed by atoms with Crippen LogP contribution in [0.25, 0.3) is 0 Å². The van der Waals surface area contributed by atoms with Gasteiger partial charge in [0.2, 0.25) is 0 Å². The number of ether oxygens (including phenoxy) is 3. The van der Waals surface area contributed by atoms with Crippen LogP contribution in [0.5, 0.6) is 17.2 Å². The Hall–Kier alpha value is -2.74. The summed E-state index contributed by atoms with van der Waals surface area (Å²) in [5.74, 6) is 0.504. The molecule has 0 aromatic heterocycles. The molecule has 7 nitrogen and oxygen atoms in total. The fourth-order valence-corrected chi connectivity index (χ4v) is 2.97. The Morgan fingerprint density at radius 1 is 0.900 bits per heavy atom. The van der Waals surface area contributed by atoms with Crippen molar-refractivity contribution in [2.75, 3.05) is 20.3 Å². The summed E-state index contributed by atoms with van der Waals surface area (Å²) < 4.78 is 16.9. The number of hydrogen-bond donors (Lipinski definition) is 2. The summed E-state index contributed by atoms with van der Waals surface area (Å²) in [5, 5.41) is 0. The average molecular weight is 479 g/mol. The molecule has 0 aliphatic rings. The van der Waals surface area contributed by atoms with Crippen molar-refractivity contribution >= 4 is 27.7 Å². The van der Waals surface area contributed by atoms with Crippen molar-refractivity contribution in [3.05, 3.63) is 52.0 Å². The van der Waals surface area contributed by atoms with Crippen molar-refractivity contribution in [3.63, 3.8) is 0 Å². The predicted molar refractivity (Wildman–Crippen MR) is 118 cm³/mol. The summed E-state index contributed by atoms with van der Waals surface area (Å²) in [6.45, 7) is 7.74. The molecule has 0 bridgehead atoms. The molecule has 0 aliphatic heterocycles. The Bertz CT molecular complexity index is 909. The monoisotopic (exact) mass is 478 g/mol. The van der Waals surface area contributed by atoms with E-state index in [1.165, 1.54) is 7.11 Å². The van der Waals surface area contributed by atoms with Crippen molar-refractivity contribution in [2.24, 2.45) is 0 Å². The molecule has 2 rings (SSSR count). The van der Waals surface area contributed by atoms with Crippen LogP contribution in [0.3, 0.4) is 0 Å². The van der Waals surface area contributed by atoms with E-state index in [1.807, 2.05) is 25.1 Å². The number of benzene rings is 2. The Kier molecular flexibility index (Phi) is 8.11. The predicted octanol–water partition coefficient (Wildman–Crippen LogP) is 3.67. The maximum atomic E-state index is 11.9. The molecule has 0 spiro atoms. The van der Waals surface area contributed by atoms with Gasteiger partial charge in [-0.05, 0) is 63.7 Å². The van der Waals surface area contributed by atoms with E-state index in [0.29, 0.717) is 17.2 Å². The van der Waals surface area contributed by atoms with Crippen LogP contribution in [0.2, 0.25) is 0 Å². The molecule has 30 heavy (non-hydrogen) atoms. The maximum absolute atomic E-state index is 11.9. The minimum atomic E-state index is -0.512. The van der Waals surface area contributed by atoms with Gasteiger partial charge in [-0.15, -0.1) is 0 Å². The second-order valence-electron chi connectivity index (χ2n) is 7.72. The van der Waals surface area contributed by atoms with Crippen LogP contribution < -0.4 is 25.1 Å². The SMILES string of the molecule is COc1cc(C)ccc1OCC(=O)NNC(=O)COc1ccc(C(C)(C)C)cc1Br. The maximum Gasteiger partial charge on any atom is 0.276 e. The van der Waals surface area contributed by atoms with Crippen LogP contribution in [0.1, 0.15) is 31.9 Å². The van der Waals surface area contributed by atoms with Gasteiger partial charge in [-0.1, -0.05) is 32.9 Å². The summed E-state index contributed by atoms with van der Waals surface area (Å²) in [6.07, 6.45) is 0. The largest absolute Gasteiger partial charge is 0.493 e. The second kappa shape index (κ2) is 10.3. The molecule has 0 saturated heterocycles. The first-order valence-corrected chi connectivity index (χ1v) is 10.2. The van der Waals surface area contributed by atoms with Gasteiger partial charge >= 0.3 is 0 Å². The molecule has 0 heterocycles. The third-order valence-corrected chi connectivity index (χ3v) is 4.80. The Morgan fingerprint density at radius 2 is 1.47 bits per heavy atom. The normalized spacial score (nSPS) is 10.9. The van der Waals surface area contributed by atoms with Gasteiger partial charge in [0.25, 0.3) is 11.8 Å². The van der Waals surface area contributed by atoms with Crippen molar-refractivity contribution in [3.8, 4) is 17.2 Å². The lowest BCUT2D eigenvalue weighted by Gasteiger charge is -2.20. The summed E-state index contributed by atoms with van der Waals surface area (Å²) in [5.41, 5.74) is 6.74. The van der Waals surface area contributed by atoms with E-state index in [4.69, 9.17) is 14.2 Å². The summed E-state index contributed by atoms with van der Waals surface area (Å²) >= 11 is 3.46. The third kappa shape index (κ3) is 6.95. The lowest BCUT2D eigenvalue weighted by atomic mass is 9.87. The highest BCUT2D eigenvalue weighted by molar-refractivity contribution is 9.10. The highest BCUT2D eigenvalue weighted by Crippen LogP contribution is 2.31. The van der Waals surface area contributed by atoms with Crippen LogP contribution in [0, 0.1) is 6.92 Å². The fourth-order valence-electron chi connectivity index (χ4n) is 2.48. The topological polar surface area (TPSA) is 85.9 Å². The molecular weight excluding hydrogens is 452 g/mol. The molecule has 162 valence electrons. The van der Waals surface area contributed by atoms with Gasteiger partial charge < -0.3 is 14.2 Å². The van der Waals surface area contributed by atoms with Gasteiger partial charge in [-0.3, -0.25) is 20.4 Å². The van der Waals surface area contributed by atoms with Crippen LogP contribution in [0.15, 0.2) is 40.9 Å². The minimum Gasteiger partial charge on any atom is -0.493 e. The number of amides is 2. The molecule has 0 unspecified atom stereocenters. The van der Waals surface area contributed by atoms with Crippen molar-refractivity contribution in [1.29, 1.82) is 0 Å². The zero-order valence-electron chi connectivity index (χ0n) is 17.8. The molecule has 2 aromatic rings. The van der Waals surface area contributed by atoms with Crippen molar-refractivity contribution < 1.29 is 23.8 Å². The average Bonchev–Trinajstić information content (AvgIpc) is 2.69. The number of hydrazine groups is 1. The molecule has 0 radical (unpaired) electrons. The van der Waals surface area contributed by atoms with Crippen molar-refractivity contribution in [1.82, 2.24) is 10.9 Å². The molecular formula is C22H27BrN2O5. The minimum absolute atomic E-state index is 0.00732. The lowest BCUT2D eigenvalue weighted by Crippen LogP contribution is -2.45. The third-order valence-electron chi connectivity index (χ3n) is 4.18. The van der Waals surface area contributed by atoms with E-state index in [-0.39, 0.29) is 18.6 Å². The standard InChI is InChI=1S/C22H27BrN2O5/c1-14-6-8-18(19(10-14)28-5)30-13-21(27)25-24-20(26)12-29-17-9-7-15(11-16(17)23)22(2,3)4/h6-11H,12-13H2,1-5H3,(H,24,26)(H,25,27). The summed E-state index contributed by atoms with van der Waals surface area (Å²) in [6, 6.07) is 11.1. The molecule has 2 N–H and O–H groups in total. The van der Waals surface area contributed by atoms with Crippen molar-refractivity contribution in [2.45, 2.75) is 33.1 Å². The Balaban J connectivity index is 1.77. The second-order valence-corrected chi connectivity index (χ2v) is 8.58. The van der Waals surface area contributed by atoms with Crippen LogP contribution in [-0.2, 0) is 15.0 Å². The number of nitrogens with one attached hydrogen (secondary N) is 2. The smallest absolute Gasteiger partial charge is 0.276 e. The van der Waals surface area contributed by atoms with Crippen LogP contribution in [-0.4, -0.2) is 32.1 Å². The number of aryl methyl sites for hydroxylation is 1. The number of halogens is 1. The van der Waals surface area contributed by atoms with Gasteiger partial charge in [0, 0.05) is 0 Å². The van der Waals surface area contributed by atoms with Crippen LogP contribution >= 0.6 is 15.9 Å². The molecule has 2 aromatic carbocycles. The van der Waals surface area contributed by atoms with Gasteiger partial charge in [0.15, 0.2) is 24.7 Å². The van der Waals surface area contributed by atoms with E-state index in [1.54, 1.807) is 18.2 Å². The van der Waals surface area contributed by atoms with Crippen LogP contribution in [0.4, 0.5) is 0 Å². The van der Waals surface area contributed by atoms with Gasteiger partial charge in [-0.2, -0.15) is 0 Å². The number of hydrogen-bond acceptors (Lipinski definition) is 5. The zero-order valence-corrected chi connectivity index (χ0v) is 19.4. The molecule has 0 saturated carbocycles. The molecule has 0 atom stereocenters. The molecule has 0 aliphatic carbocycles. The van der Waals surface area contributed by atoms with E-state index < -0.39 is 11.8 Å². The first kappa shape index (κ1) is 23.5. The molecule has 2 amide bonds. The number of carbonyl (C=O) groups is 2. The quantitative estimate of drug-likeness (QED) is 0.592. The highest BCUT2D eigenvalue weighted by atomic mass is 79.9. The first-order chi connectivity index (χ1) is 14.1. The lowest BCUT2D eigenvalue weighted by molar-refractivity contribution is -0.131. The van der Waals surface area contributed by atoms with Gasteiger partial charge in [0.1, 0.15) is 5.75 Å². The number of methoxy groups -OCH3 is 1. The Labute approximate surface area is 185 Å². The van der Waals surface area contributed by atoms with E-state index in [0.717, 1.165) is 15.6 Å². The fraction of sp³-hybridized carbons (Fsp3) is 0.364. The van der Waals surface area contributed by atoms with E-state index in [9.17, 15) is 9.59 Å². The van der Waals surface area contributed by atoms with E-state index in [2.05, 4.69) is 47.6 Å². The summed E-state index contributed by atoms with van der Waals surface area (Å²) in [4.78, 5) is 23.9. The zero-order chi connectivity index (χ0) is 22.3.